The Hall–Kier alpha value is -2.14. The van der Waals surface area contributed by atoms with Crippen molar-refractivity contribution in [3.8, 4) is 0 Å². The summed E-state index contributed by atoms with van der Waals surface area (Å²) in [6.45, 7) is 0. The van der Waals surface area contributed by atoms with Crippen molar-refractivity contribution in [1.82, 2.24) is 0 Å². The van der Waals surface area contributed by atoms with E-state index in [4.69, 9.17) is 16.7 Å². The Morgan fingerprint density at radius 1 is 1.05 bits per heavy atom. The molecule has 0 spiro atoms. The Kier molecular flexibility index (Phi) is 3.66. The van der Waals surface area contributed by atoms with Crippen molar-refractivity contribution in [2.45, 2.75) is 0 Å². The van der Waals surface area contributed by atoms with E-state index in [1.165, 1.54) is 24.3 Å². The standard InChI is InChI=1S/C13H8ClF2NO2/c14-10-6-8(2-4-12(10)16)17-7-1-3-11(15)9(5-7)13(18)19/h1-6,17H,(H,18,19). The first-order valence-electron chi connectivity index (χ1n) is 5.22. The molecule has 0 fully saturated rings. The molecule has 0 aliphatic heterocycles. The fraction of sp³-hybridized carbons (Fsp3) is 0. The number of carbonyl (C=O) groups is 1. The zero-order chi connectivity index (χ0) is 14.0. The lowest BCUT2D eigenvalue weighted by atomic mass is 10.2. The van der Waals surface area contributed by atoms with Crippen molar-refractivity contribution >= 4 is 28.9 Å². The smallest absolute Gasteiger partial charge is 0.338 e. The van der Waals surface area contributed by atoms with Crippen molar-refractivity contribution in [1.29, 1.82) is 0 Å². The van der Waals surface area contributed by atoms with Gasteiger partial charge < -0.3 is 10.4 Å². The van der Waals surface area contributed by atoms with E-state index in [1.807, 2.05) is 0 Å². The summed E-state index contributed by atoms with van der Waals surface area (Å²) in [5, 5.41) is 11.5. The van der Waals surface area contributed by atoms with E-state index in [-0.39, 0.29) is 5.02 Å². The van der Waals surface area contributed by atoms with Crippen LogP contribution in [-0.2, 0) is 0 Å². The molecule has 3 nitrogen and oxygen atoms in total. The van der Waals surface area contributed by atoms with Crippen molar-refractivity contribution in [2.75, 3.05) is 5.32 Å². The first-order valence-corrected chi connectivity index (χ1v) is 5.60. The molecule has 0 amide bonds. The van der Waals surface area contributed by atoms with Crippen LogP contribution in [0.5, 0.6) is 0 Å². The predicted molar refractivity (Wildman–Crippen MR) is 68.1 cm³/mol. The van der Waals surface area contributed by atoms with Crippen molar-refractivity contribution < 1.29 is 18.7 Å². The highest BCUT2D eigenvalue weighted by Crippen LogP contribution is 2.24. The fourth-order valence-electron chi connectivity index (χ4n) is 1.51. The summed E-state index contributed by atoms with van der Waals surface area (Å²) in [6.07, 6.45) is 0. The van der Waals surface area contributed by atoms with Gasteiger partial charge in [0, 0.05) is 11.4 Å². The van der Waals surface area contributed by atoms with E-state index in [0.29, 0.717) is 11.4 Å². The van der Waals surface area contributed by atoms with Crippen LogP contribution in [0.25, 0.3) is 0 Å². The topological polar surface area (TPSA) is 49.3 Å². The van der Waals surface area contributed by atoms with E-state index in [2.05, 4.69) is 5.32 Å². The number of hydrogen-bond donors (Lipinski definition) is 2. The minimum atomic E-state index is -1.36. The second-order valence-electron chi connectivity index (χ2n) is 3.75. The van der Waals surface area contributed by atoms with Crippen LogP contribution in [0.3, 0.4) is 0 Å². The summed E-state index contributed by atoms with van der Waals surface area (Å²) >= 11 is 5.62. The van der Waals surface area contributed by atoms with Crippen LogP contribution < -0.4 is 5.32 Å². The maximum atomic E-state index is 13.2. The SMILES string of the molecule is O=C(O)c1cc(Nc2ccc(F)c(Cl)c2)ccc1F. The highest BCUT2D eigenvalue weighted by atomic mass is 35.5. The highest BCUT2D eigenvalue weighted by molar-refractivity contribution is 6.31. The van der Waals surface area contributed by atoms with Crippen molar-refractivity contribution in [3.63, 3.8) is 0 Å². The molecule has 2 rings (SSSR count). The van der Waals surface area contributed by atoms with Crippen LogP contribution in [0.15, 0.2) is 36.4 Å². The van der Waals surface area contributed by atoms with Crippen LogP contribution in [0.2, 0.25) is 5.02 Å². The summed E-state index contributed by atoms with van der Waals surface area (Å²) in [6, 6.07) is 7.52. The third kappa shape index (κ3) is 3.00. The first-order chi connectivity index (χ1) is 8.97. The number of rotatable bonds is 3. The molecule has 19 heavy (non-hydrogen) atoms. The number of carboxylic acids is 1. The van der Waals surface area contributed by atoms with Crippen LogP contribution in [0, 0.1) is 11.6 Å². The third-order valence-corrected chi connectivity index (χ3v) is 2.69. The molecular formula is C13H8ClF2NO2. The van der Waals surface area contributed by atoms with E-state index < -0.39 is 23.2 Å². The molecule has 0 saturated heterocycles. The molecule has 0 aliphatic carbocycles. The molecule has 0 bridgehead atoms. The first kappa shape index (κ1) is 13.3. The van der Waals surface area contributed by atoms with Gasteiger partial charge in [0.25, 0.3) is 0 Å². The average Bonchev–Trinajstić information content (AvgIpc) is 2.36. The van der Waals surface area contributed by atoms with Gasteiger partial charge in [-0.25, -0.2) is 13.6 Å². The molecule has 0 aliphatic rings. The number of nitrogens with one attached hydrogen (secondary N) is 1. The Labute approximate surface area is 112 Å². The Morgan fingerprint density at radius 2 is 1.63 bits per heavy atom. The monoisotopic (exact) mass is 283 g/mol. The lowest BCUT2D eigenvalue weighted by molar-refractivity contribution is 0.0692. The molecule has 0 atom stereocenters. The molecule has 6 heteroatoms. The molecule has 2 aromatic rings. The molecule has 2 aromatic carbocycles. The van der Waals surface area contributed by atoms with Gasteiger partial charge in [0.2, 0.25) is 0 Å². The van der Waals surface area contributed by atoms with Gasteiger partial charge in [0.1, 0.15) is 11.6 Å². The second kappa shape index (κ2) is 5.24. The minimum absolute atomic E-state index is 0.0643. The second-order valence-corrected chi connectivity index (χ2v) is 4.16. The highest BCUT2D eigenvalue weighted by Gasteiger charge is 2.11. The quantitative estimate of drug-likeness (QED) is 0.893. The van der Waals surface area contributed by atoms with Gasteiger partial charge in [-0.05, 0) is 36.4 Å². The molecule has 98 valence electrons. The summed E-state index contributed by atoms with van der Waals surface area (Å²) in [5.41, 5.74) is 0.383. The minimum Gasteiger partial charge on any atom is -0.478 e. The largest absolute Gasteiger partial charge is 0.478 e. The predicted octanol–water partition coefficient (Wildman–Crippen LogP) is 4.06. The maximum absolute atomic E-state index is 13.2. The van der Waals surface area contributed by atoms with Crippen LogP contribution >= 0.6 is 11.6 Å². The fourth-order valence-corrected chi connectivity index (χ4v) is 1.69. The summed E-state index contributed by atoms with van der Waals surface area (Å²) in [7, 11) is 0. The Bertz CT molecular complexity index is 647. The van der Waals surface area contributed by atoms with E-state index in [9.17, 15) is 13.6 Å². The van der Waals surface area contributed by atoms with Crippen LogP contribution in [0.1, 0.15) is 10.4 Å². The molecule has 0 aromatic heterocycles. The Morgan fingerprint density at radius 3 is 2.21 bits per heavy atom. The summed E-state index contributed by atoms with van der Waals surface area (Å²) in [5.74, 6) is -2.74. The van der Waals surface area contributed by atoms with Crippen LogP contribution in [0.4, 0.5) is 20.2 Å². The van der Waals surface area contributed by atoms with Gasteiger partial charge in [-0.2, -0.15) is 0 Å². The number of hydrogen-bond acceptors (Lipinski definition) is 2. The average molecular weight is 284 g/mol. The van der Waals surface area contributed by atoms with Crippen molar-refractivity contribution in [3.05, 3.63) is 58.6 Å². The Balaban J connectivity index is 2.30. The van der Waals surface area contributed by atoms with E-state index in [1.54, 1.807) is 0 Å². The number of carboxylic acid groups (broad SMARTS) is 1. The molecule has 0 saturated carbocycles. The summed E-state index contributed by atoms with van der Waals surface area (Å²) < 4.78 is 26.2. The van der Waals surface area contributed by atoms with Crippen LogP contribution in [-0.4, -0.2) is 11.1 Å². The van der Waals surface area contributed by atoms with Gasteiger partial charge >= 0.3 is 5.97 Å². The lowest BCUT2D eigenvalue weighted by Gasteiger charge is -2.08. The molecular weight excluding hydrogens is 276 g/mol. The molecule has 0 heterocycles. The van der Waals surface area contributed by atoms with Gasteiger partial charge in [0.15, 0.2) is 0 Å². The molecule has 0 radical (unpaired) electrons. The molecule has 0 unspecified atom stereocenters. The maximum Gasteiger partial charge on any atom is 0.338 e. The van der Waals surface area contributed by atoms with Gasteiger partial charge in [-0.1, -0.05) is 11.6 Å². The lowest BCUT2D eigenvalue weighted by Crippen LogP contribution is -2.01. The number of anilines is 2. The number of benzene rings is 2. The van der Waals surface area contributed by atoms with Gasteiger partial charge in [0.05, 0.1) is 10.6 Å². The third-order valence-electron chi connectivity index (χ3n) is 2.41. The number of aromatic carboxylic acids is 1. The van der Waals surface area contributed by atoms with Gasteiger partial charge in [-0.3, -0.25) is 0 Å². The van der Waals surface area contributed by atoms with E-state index >= 15 is 0 Å². The van der Waals surface area contributed by atoms with E-state index in [0.717, 1.165) is 12.1 Å². The zero-order valence-corrected chi connectivity index (χ0v) is 10.2. The van der Waals surface area contributed by atoms with Gasteiger partial charge in [-0.15, -0.1) is 0 Å². The normalized spacial score (nSPS) is 10.3. The number of halogens is 3. The van der Waals surface area contributed by atoms with Crippen molar-refractivity contribution in [2.24, 2.45) is 0 Å². The molecule has 2 N–H and O–H groups in total. The zero-order valence-electron chi connectivity index (χ0n) is 9.45. The summed E-state index contributed by atoms with van der Waals surface area (Å²) in [4.78, 5) is 10.8.